The Bertz CT molecular complexity index is 615. The maximum absolute atomic E-state index is 12.1. The van der Waals surface area contributed by atoms with Crippen LogP contribution in [0.2, 0.25) is 0 Å². The lowest BCUT2D eigenvalue weighted by atomic mass is 9.96. The summed E-state index contributed by atoms with van der Waals surface area (Å²) in [6.45, 7) is 6.81. The van der Waals surface area contributed by atoms with Crippen LogP contribution in [0, 0.1) is 6.92 Å². The number of hydrogen-bond donors (Lipinski definition) is 0. The minimum Gasteiger partial charge on any atom is -0.462 e. The number of rotatable bonds is 6. The van der Waals surface area contributed by atoms with Crippen molar-refractivity contribution in [2.75, 3.05) is 6.61 Å². The highest BCUT2D eigenvalue weighted by Crippen LogP contribution is 2.20. The van der Waals surface area contributed by atoms with Crippen LogP contribution in [0.3, 0.4) is 0 Å². The van der Waals surface area contributed by atoms with E-state index in [1.165, 1.54) is 11.1 Å². The van der Waals surface area contributed by atoms with Crippen molar-refractivity contribution >= 4 is 5.97 Å². The van der Waals surface area contributed by atoms with Crippen LogP contribution in [0.4, 0.5) is 0 Å². The summed E-state index contributed by atoms with van der Waals surface area (Å²) >= 11 is 0. The number of carbonyl (C=O) groups excluding carboxylic acids is 1. The fraction of sp³-hybridized carbons (Fsp3) is 0.350. The molecule has 116 valence electrons. The Morgan fingerprint density at radius 2 is 1.82 bits per heavy atom. The van der Waals surface area contributed by atoms with E-state index in [1.54, 1.807) is 0 Å². The Labute approximate surface area is 133 Å². The highest BCUT2D eigenvalue weighted by atomic mass is 16.5. The second-order valence-corrected chi connectivity index (χ2v) is 5.95. The fourth-order valence-corrected chi connectivity index (χ4v) is 2.62. The minimum absolute atomic E-state index is 0.230. The lowest BCUT2D eigenvalue weighted by Crippen LogP contribution is -2.08. The first-order valence-corrected chi connectivity index (χ1v) is 7.89. The van der Waals surface area contributed by atoms with Gasteiger partial charge < -0.3 is 4.74 Å². The molecular weight excluding hydrogens is 272 g/mol. The van der Waals surface area contributed by atoms with E-state index in [-0.39, 0.29) is 5.97 Å². The zero-order valence-electron chi connectivity index (χ0n) is 13.6. The number of esters is 1. The van der Waals surface area contributed by atoms with Gasteiger partial charge in [0.2, 0.25) is 0 Å². The molecular formula is C20H24O2. The topological polar surface area (TPSA) is 26.3 Å². The predicted octanol–water partition coefficient (Wildman–Crippen LogP) is 4.91. The standard InChI is InChI=1S/C20H24O2/c1-15(2)19-12-11-18(14-16(19)3)20(21)22-13-7-10-17-8-5-4-6-9-17/h4-6,8-9,11-12,14-15H,7,10,13H2,1-3H3. The van der Waals surface area contributed by atoms with Crippen molar-refractivity contribution < 1.29 is 9.53 Å². The van der Waals surface area contributed by atoms with Crippen molar-refractivity contribution in [2.45, 2.75) is 39.5 Å². The first-order chi connectivity index (χ1) is 10.6. The van der Waals surface area contributed by atoms with Crippen LogP contribution < -0.4 is 0 Å². The van der Waals surface area contributed by atoms with E-state index in [9.17, 15) is 4.79 Å². The summed E-state index contributed by atoms with van der Waals surface area (Å²) in [6.07, 6.45) is 1.78. The van der Waals surface area contributed by atoms with Crippen LogP contribution >= 0.6 is 0 Å². The fourth-order valence-electron chi connectivity index (χ4n) is 2.62. The van der Waals surface area contributed by atoms with Crippen LogP contribution in [0.15, 0.2) is 48.5 Å². The van der Waals surface area contributed by atoms with Crippen molar-refractivity contribution in [3.8, 4) is 0 Å². The zero-order chi connectivity index (χ0) is 15.9. The van der Waals surface area contributed by atoms with Gasteiger partial charge in [-0.2, -0.15) is 0 Å². The van der Waals surface area contributed by atoms with Crippen molar-refractivity contribution in [2.24, 2.45) is 0 Å². The molecule has 0 spiro atoms. The average Bonchev–Trinajstić information content (AvgIpc) is 2.52. The van der Waals surface area contributed by atoms with Crippen LogP contribution in [0.5, 0.6) is 0 Å². The molecule has 0 aliphatic heterocycles. The Hall–Kier alpha value is -2.09. The van der Waals surface area contributed by atoms with Gasteiger partial charge in [-0.15, -0.1) is 0 Å². The van der Waals surface area contributed by atoms with Crippen LogP contribution in [0.1, 0.15) is 53.2 Å². The second-order valence-electron chi connectivity index (χ2n) is 5.95. The minimum atomic E-state index is -0.230. The Morgan fingerprint density at radius 3 is 2.45 bits per heavy atom. The molecule has 0 atom stereocenters. The summed E-state index contributed by atoms with van der Waals surface area (Å²) in [5, 5.41) is 0. The van der Waals surface area contributed by atoms with Crippen LogP contribution in [0.25, 0.3) is 0 Å². The number of hydrogen-bond acceptors (Lipinski definition) is 2. The molecule has 0 bridgehead atoms. The molecule has 0 fully saturated rings. The van der Waals surface area contributed by atoms with Gasteiger partial charge in [-0.1, -0.05) is 50.2 Å². The zero-order valence-corrected chi connectivity index (χ0v) is 13.6. The number of aryl methyl sites for hydroxylation is 2. The van der Waals surface area contributed by atoms with Gasteiger partial charge in [0, 0.05) is 0 Å². The third kappa shape index (κ3) is 4.45. The largest absolute Gasteiger partial charge is 0.462 e. The van der Waals surface area contributed by atoms with Crippen molar-refractivity contribution in [1.82, 2.24) is 0 Å². The molecule has 0 unspecified atom stereocenters. The lowest BCUT2D eigenvalue weighted by molar-refractivity contribution is 0.0500. The molecule has 2 nitrogen and oxygen atoms in total. The molecule has 0 aromatic heterocycles. The van der Waals surface area contributed by atoms with Crippen LogP contribution in [-0.2, 0) is 11.2 Å². The van der Waals surface area contributed by atoms with Gasteiger partial charge in [0.05, 0.1) is 12.2 Å². The highest BCUT2D eigenvalue weighted by Gasteiger charge is 2.10. The maximum atomic E-state index is 12.1. The van der Waals surface area contributed by atoms with Crippen molar-refractivity contribution in [3.05, 3.63) is 70.8 Å². The average molecular weight is 296 g/mol. The van der Waals surface area contributed by atoms with E-state index in [0.29, 0.717) is 18.1 Å². The summed E-state index contributed by atoms with van der Waals surface area (Å²) < 4.78 is 5.37. The molecule has 0 N–H and O–H groups in total. The first kappa shape index (κ1) is 16.3. The molecule has 0 saturated carbocycles. The lowest BCUT2D eigenvalue weighted by Gasteiger charge is -2.11. The summed E-state index contributed by atoms with van der Waals surface area (Å²) in [7, 11) is 0. The molecule has 2 heteroatoms. The Morgan fingerprint density at radius 1 is 1.09 bits per heavy atom. The van der Waals surface area contributed by atoms with Gasteiger partial charge in [-0.3, -0.25) is 0 Å². The molecule has 2 aromatic rings. The quantitative estimate of drug-likeness (QED) is 0.559. The van der Waals surface area contributed by atoms with E-state index < -0.39 is 0 Å². The number of ether oxygens (including phenoxy) is 1. The molecule has 0 radical (unpaired) electrons. The summed E-state index contributed by atoms with van der Waals surface area (Å²) in [5.74, 6) is 0.238. The van der Waals surface area contributed by atoms with Gasteiger partial charge in [0.1, 0.15) is 0 Å². The molecule has 2 aromatic carbocycles. The summed E-state index contributed by atoms with van der Waals surface area (Å²) in [6, 6.07) is 16.1. The third-order valence-corrected chi connectivity index (χ3v) is 3.81. The molecule has 0 heterocycles. The Kier molecular flexibility index (Phi) is 5.76. The van der Waals surface area contributed by atoms with Crippen molar-refractivity contribution in [1.29, 1.82) is 0 Å². The van der Waals surface area contributed by atoms with E-state index in [1.807, 2.05) is 43.3 Å². The summed E-state index contributed by atoms with van der Waals surface area (Å²) in [4.78, 5) is 12.1. The van der Waals surface area contributed by atoms with E-state index in [0.717, 1.165) is 18.4 Å². The van der Waals surface area contributed by atoms with Gasteiger partial charge in [-0.25, -0.2) is 4.79 Å². The molecule has 2 rings (SSSR count). The highest BCUT2D eigenvalue weighted by molar-refractivity contribution is 5.89. The third-order valence-electron chi connectivity index (χ3n) is 3.81. The van der Waals surface area contributed by atoms with Crippen LogP contribution in [-0.4, -0.2) is 12.6 Å². The van der Waals surface area contributed by atoms with Gasteiger partial charge in [0.25, 0.3) is 0 Å². The second kappa shape index (κ2) is 7.79. The van der Waals surface area contributed by atoms with Crippen molar-refractivity contribution in [3.63, 3.8) is 0 Å². The number of carbonyl (C=O) groups is 1. The Balaban J connectivity index is 1.83. The molecule has 0 saturated heterocycles. The maximum Gasteiger partial charge on any atom is 0.338 e. The number of benzene rings is 2. The normalized spacial score (nSPS) is 10.7. The van der Waals surface area contributed by atoms with E-state index in [2.05, 4.69) is 26.0 Å². The van der Waals surface area contributed by atoms with Gasteiger partial charge >= 0.3 is 5.97 Å². The van der Waals surface area contributed by atoms with Gasteiger partial charge in [0.15, 0.2) is 0 Å². The van der Waals surface area contributed by atoms with E-state index >= 15 is 0 Å². The monoisotopic (exact) mass is 296 g/mol. The van der Waals surface area contributed by atoms with E-state index in [4.69, 9.17) is 4.74 Å². The molecule has 22 heavy (non-hydrogen) atoms. The van der Waals surface area contributed by atoms with Gasteiger partial charge in [-0.05, 0) is 54.5 Å². The summed E-state index contributed by atoms with van der Waals surface area (Å²) in [5.41, 5.74) is 4.34. The smallest absolute Gasteiger partial charge is 0.338 e. The molecule has 0 aliphatic rings. The SMILES string of the molecule is Cc1cc(C(=O)OCCCc2ccccc2)ccc1C(C)C. The predicted molar refractivity (Wildman–Crippen MR) is 90.3 cm³/mol. The molecule has 0 amide bonds. The first-order valence-electron chi connectivity index (χ1n) is 7.89. The molecule has 0 aliphatic carbocycles.